The van der Waals surface area contributed by atoms with Gasteiger partial charge in [0, 0.05) is 12.6 Å². The summed E-state index contributed by atoms with van der Waals surface area (Å²) in [6.07, 6.45) is -3.78. The van der Waals surface area contributed by atoms with E-state index < -0.39 is 23.5 Å². The standard InChI is InChI=1S/C20H19F3N4O3/c1-13(14-8-6-9-16(11-14)20(21,22)23)30-24-12-15-7-4-5-10-17(15)27-18(29-3)25-26(2)19(27)28/h4-13H,1-3H3/b24-12+. The van der Waals surface area contributed by atoms with E-state index in [-0.39, 0.29) is 6.01 Å². The van der Waals surface area contributed by atoms with Crippen molar-refractivity contribution in [2.75, 3.05) is 7.11 Å². The highest BCUT2D eigenvalue weighted by molar-refractivity contribution is 5.84. The third kappa shape index (κ3) is 4.37. The molecule has 7 nitrogen and oxygen atoms in total. The Bertz CT molecular complexity index is 1120. The summed E-state index contributed by atoms with van der Waals surface area (Å²) in [5.41, 5.74) is 0.160. The van der Waals surface area contributed by atoms with Gasteiger partial charge in [0.15, 0.2) is 0 Å². The number of halogens is 3. The number of hydrogen-bond acceptors (Lipinski definition) is 5. The van der Waals surface area contributed by atoms with Crippen LogP contribution in [0.5, 0.6) is 6.01 Å². The smallest absolute Gasteiger partial charge is 0.416 e. The van der Waals surface area contributed by atoms with Crippen LogP contribution in [0.25, 0.3) is 5.69 Å². The number of hydrogen-bond donors (Lipinski definition) is 0. The van der Waals surface area contributed by atoms with Crippen LogP contribution in [0.1, 0.15) is 29.7 Å². The third-order valence-corrected chi connectivity index (χ3v) is 4.35. The first-order chi connectivity index (χ1) is 14.2. The quantitative estimate of drug-likeness (QED) is 0.450. The van der Waals surface area contributed by atoms with Crippen molar-refractivity contribution in [1.29, 1.82) is 0 Å². The van der Waals surface area contributed by atoms with Gasteiger partial charge in [-0.1, -0.05) is 35.5 Å². The number of aryl methyl sites for hydroxylation is 1. The number of nitrogens with zero attached hydrogens (tertiary/aromatic N) is 4. The Kier molecular flexibility index (Phi) is 5.95. The van der Waals surface area contributed by atoms with Gasteiger partial charge in [0.05, 0.1) is 24.6 Å². The molecule has 0 N–H and O–H groups in total. The van der Waals surface area contributed by atoms with Gasteiger partial charge in [0.1, 0.15) is 6.10 Å². The number of oxime groups is 1. The van der Waals surface area contributed by atoms with Crippen molar-refractivity contribution in [2.45, 2.75) is 19.2 Å². The summed E-state index contributed by atoms with van der Waals surface area (Å²) in [4.78, 5) is 17.7. The molecule has 0 aliphatic carbocycles. The van der Waals surface area contributed by atoms with Gasteiger partial charge in [0.25, 0.3) is 0 Å². The second kappa shape index (κ2) is 8.44. The van der Waals surface area contributed by atoms with Gasteiger partial charge in [-0.2, -0.15) is 13.2 Å². The fourth-order valence-electron chi connectivity index (χ4n) is 2.79. The maximum atomic E-state index is 12.9. The van der Waals surface area contributed by atoms with Gasteiger partial charge in [-0.15, -0.1) is 5.10 Å². The fraction of sp³-hybridized carbons (Fsp3) is 0.250. The number of alkyl halides is 3. The first-order valence-corrected chi connectivity index (χ1v) is 8.88. The predicted molar refractivity (Wildman–Crippen MR) is 104 cm³/mol. The van der Waals surface area contributed by atoms with Gasteiger partial charge in [-0.25, -0.2) is 14.0 Å². The molecule has 1 unspecified atom stereocenters. The zero-order valence-corrected chi connectivity index (χ0v) is 16.4. The lowest BCUT2D eigenvalue weighted by molar-refractivity contribution is -0.137. The Morgan fingerprint density at radius 1 is 1.17 bits per heavy atom. The van der Waals surface area contributed by atoms with Crippen molar-refractivity contribution in [2.24, 2.45) is 12.2 Å². The highest BCUT2D eigenvalue weighted by Crippen LogP contribution is 2.31. The van der Waals surface area contributed by atoms with Gasteiger partial charge in [-0.3, -0.25) is 0 Å². The highest BCUT2D eigenvalue weighted by atomic mass is 19.4. The summed E-state index contributed by atoms with van der Waals surface area (Å²) >= 11 is 0. The first kappa shape index (κ1) is 21.2. The summed E-state index contributed by atoms with van der Waals surface area (Å²) in [6, 6.07) is 11.8. The normalized spacial score (nSPS) is 12.9. The summed E-state index contributed by atoms with van der Waals surface area (Å²) < 4.78 is 46.2. The van der Waals surface area contributed by atoms with E-state index in [0.717, 1.165) is 16.8 Å². The summed E-state index contributed by atoms with van der Waals surface area (Å²) in [6.45, 7) is 1.59. The molecule has 0 bridgehead atoms. The Labute approximate surface area is 170 Å². The minimum atomic E-state index is -4.44. The third-order valence-electron chi connectivity index (χ3n) is 4.35. The van der Waals surface area contributed by atoms with E-state index in [2.05, 4.69) is 10.3 Å². The lowest BCUT2D eigenvalue weighted by atomic mass is 10.1. The molecule has 0 fully saturated rings. The summed E-state index contributed by atoms with van der Waals surface area (Å²) in [7, 11) is 2.90. The average Bonchev–Trinajstić information content (AvgIpc) is 3.01. The molecule has 1 atom stereocenters. The van der Waals surface area contributed by atoms with Crippen molar-refractivity contribution in [3.63, 3.8) is 0 Å². The summed E-state index contributed by atoms with van der Waals surface area (Å²) in [5, 5.41) is 7.90. The number of rotatable bonds is 6. The predicted octanol–water partition coefficient (Wildman–Crippen LogP) is 3.71. The molecular formula is C20H19F3N4O3. The van der Waals surface area contributed by atoms with E-state index in [4.69, 9.17) is 9.57 Å². The molecule has 1 aromatic heterocycles. The molecule has 2 aromatic carbocycles. The van der Waals surface area contributed by atoms with Gasteiger partial charge < -0.3 is 9.57 Å². The summed E-state index contributed by atoms with van der Waals surface area (Å²) in [5.74, 6) is 0. The van der Waals surface area contributed by atoms with E-state index in [1.54, 1.807) is 31.2 Å². The van der Waals surface area contributed by atoms with Crippen LogP contribution in [0.3, 0.4) is 0 Å². The Morgan fingerprint density at radius 2 is 1.90 bits per heavy atom. The molecule has 3 rings (SSSR count). The van der Waals surface area contributed by atoms with Crippen LogP contribution in [0, 0.1) is 0 Å². The number of benzene rings is 2. The number of ether oxygens (including phenoxy) is 1. The Balaban J connectivity index is 1.84. The van der Waals surface area contributed by atoms with Crippen molar-refractivity contribution in [1.82, 2.24) is 14.3 Å². The largest absolute Gasteiger partial charge is 0.467 e. The van der Waals surface area contributed by atoms with E-state index in [1.807, 2.05) is 0 Å². The molecule has 0 amide bonds. The SMILES string of the molecule is COc1nn(C)c(=O)n1-c1ccccc1/C=N/OC(C)c1cccc(C(F)(F)F)c1. The van der Waals surface area contributed by atoms with Crippen molar-refractivity contribution in [3.05, 3.63) is 75.7 Å². The first-order valence-electron chi connectivity index (χ1n) is 8.88. The van der Waals surface area contributed by atoms with E-state index in [1.165, 1.54) is 37.1 Å². The molecular weight excluding hydrogens is 401 g/mol. The molecule has 0 saturated heterocycles. The van der Waals surface area contributed by atoms with E-state index in [0.29, 0.717) is 16.8 Å². The minimum absolute atomic E-state index is 0.0987. The molecule has 3 aromatic rings. The molecule has 30 heavy (non-hydrogen) atoms. The molecule has 0 saturated carbocycles. The van der Waals surface area contributed by atoms with Crippen LogP contribution in [-0.2, 0) is 18.1 Å². The average molecular weight is 420 g/mol. The lowest BCUT2D eigenvalue weighted by Crippen LogP contribution is -2.22. The highest BCUT2D eigenvalue weighted by Gasteiger charge is 2.30. The lowest BCUT2D eigenvalue weighted by Gasteiger charge is -2.13. The number of methoxy groups -OCH3 is 1. The van der Waals surface area contributed by atoms with E-state index >= 15 is 0 Å². The topological polar surface area (TPSA) is 70.6 Å². The Hall–Kier alpha value is -3.56. The fourth-order valence-corrected chi connectivity index (χ4v) is 2.79. The Morgan fingerprint density at radius 3 is 2.60 bits per heavy atom. The zero-order valence-electron chi connectivity index (χ0n) is 16.4. The monoisotopic (exact) mass is 420 g/mol. The maximum absolute atomic E-state index is 12.9. The van der Waals surface area contributed by atoms with Crippen LogP contribution in [0.15, 0.2) is 58.5 Å². The van der Waals surface area contributed by atoms with Crippen molar-refractivity contribution in [3.8, 4) is 11.7 Å². The number of aromatic nitrogens is 3. The molecule has 158 valence electrons. The van der Waals surface area contributed by atoms with Crippen LogP contribution in [-0.4, -0.2) is 27.7 Å². The van der Waals surface area contributed by atoms with Gasteiger partial charge in [0.2, 0.25) is 0 Å². The molecule has 10 heteroatoms. The van der Waals surface area contributed by atoms with Gasteiger partial charge in [-0.05, 0) is 30.7 Å². The molecule has 0 radical (unpaired) electrons. The van der Waals surface area contributed by atoms with Crippen molar-refractivity contribution < 1.29 is 22.7 Å². The molecule has 1 heterocycles. The van der Waals surface area contributed by atoms with Crippen LogP contribution < -0.4 is 10.4 Å². The second-order valence-electron chi connectivity index (χ2n) is 6.39. The molecule has 0 aliphatic rings. The second-order valence-corrected chi connectivity index (χ2v) is 6.39. The minimum Gasteiger partial charge on any atom is -0.467 e. The zero-order chi connectivity index (χ0) is 21.9. The van der Waals surface area contributed by atoms with Crippen LogP contribution in [0.2, 0.25) is 0 Å². The van der Waals surface area contributed by atoms with Gasteiger partial charge >= 0.3 is 17.9 Å². The molecule has 0 aliphatic heterocycles. The van der Waals surface area contributed by atoms with Crippen LogP contribution in [0.4, 0.5) is 13.2 Å². The maximum Gasteiger partial charge on any atom is 0.416 e. The number of para-hydroxylation sites is 1. The van der Waals surface area contributed by atoms with E-state index in [9.17, 15) is 18.0 Å². The molecule has 0 spiro atoms. The van der Waals surface area contributed by atoms with Crippen molar-refractivity contribution >= 4 is 6.21 Å². The van der Waals surface area contributed by atoms with Crippen LogP contribution >= 0.6 is 0 Å².